The molecular weight excluding hydrogens is 452 g/mol. The van der Waals surface area contributed by atoms with E-state index in [1.807, 2.05) is 36.4 Å². The maximum atomic E-state index is 12.4. The Morgan fingerprint density at radius 3 is 2.09 bits per heavy atom. The lowest BCUT2D eigenvalue weighted by atomic mass is 10.1. The molecule has 0 amide bonds. The average molecular weight is 489 g/mol. The molecule has 0 bridgehead atoms. The van der Waals surface area contributed by atoms with Crippen LogP contribution in [0.2, 0.25) is 5.04 Å². The minimum Gasteiger partial charge on any atom is -0.462 e. The molecule has 1 unspecified atom stereocenters. The van der Waals surface area contributed by atoms with Crippen molar-refractivity contribution in [2.24, 2.45) is 0 Å². The van der Waals surface area contributed by atoms with Gasteiger partial charge in [0.05, 0.1) is 19.3 Å². The maximum absolute atomic E-state index is 12.4. The lowest BCUT2D eigenvalue weighted by Gasteiger charge is -2.43. The average Bonchev–Trinajstić information content (AvgIpc) is 3.18. The number of ether oxygens (including phenoxy) is 3. The van der Waals surface area contributed by atoms with Crippen LogP contribution in [0.4, 0.5) is 0 Å². The number of hydrogen-bond acceptors (Lipinski definition) is 7. The number of rotatable bonds is 9. The molecule has 8 heteroatoms. The third kappa shape index (κ3) is 4.98. The molecule has 0 radical (unpaired) electrons. The largest absolute Gasteiger partial charge is 0.462 e. The van der Waals surface area contributed by atoms with Crippen molar-refractivity contribution in [1.82, 2.24) is 0 Å². The van der Waals surface area contributed by atoms with Crippen LogP contribution in [0.5, 0.6) is 0 Å². The fourth-order valence-corrected chi connectivity index (χ4v) is 9.30. The number of benzene rings is 2. The van der Waals surface area contributed by atoms with E-state index in [1.54, 1.807) is 6.92 Å². The summed E-state index contributed by atoms with van der Waals surface area (Å²) in [7, 11) is -1.57. The highest BCUT2D eigenvalue weighted by Crippen LogP contribution is 2.38. The third-order valence-electron chi connectivity index (χ3n) is 6.37. The second-order valence-electron chi connectivity index (χ2n) is 9.57. The predicted octanol–water partition coefficient (Wildman–Crippen LogP) is 1.98. The molecule has 2 aromatic carbocycles. The van der Waals surface area contributed by atoms with Crippen LogP contribution in [-0.2, 0) is 23.4 Å². The molecule has 2 N–H and O–H groups in total. The van der Waals surface area contributed by atoms with Crippen molar-refractivity contribution in [1.29, 1.82) is 0 Å². The number of esters is 1. The Morgan fingerprint density at radius 2 is 1.65 bits per heavy atom. The maximum Gasteiger partial charge on any atom is 0.366 e. The Labute approximate surface area is 202 Å². The van der Waals surface area contributed by atoms with Gasteiger partial charge in [-0.15, -0.1) is 0 Å². The summed E-state index contributed by atoms with van der Waals surface area (Å²) < 4.78 is 22.9. The van der Waals surface area contributed by atoms with Crippen molar-refractivity contribution in [3.63, 3.8) is 0 Å². The molecule has 1 fully saturated rings. The van der Waals surface area contributed by atoms with Crippen molar-refractivity contribution >= 4 is 24.7 Å². The van der Waals surface area contributed by atoms with Gasteiger partial charge in [0.1, 0.15) is 12.2 Å². The molecule has 1 heterocycles. The first-order valence-electron chi connectivity index (χ1n) is 11.6. The molecule has 186 valence electrons. The molecule has 2 aromatic rings. The van der Waals surface area contributed by atoms with Gasteiger partial charge in [0.25, 0.3) is 14.1 Å². The molecule has 0 aromatic heterocycles. The number of carbonyl (C=O) groups excluding carboxylic acids is 1. The minimum atomic E-state index is -2.88. The van der Waals surface area contributed by atoms with Gasteiger partial charge >= 0.3 is 5.97 Å². The number of carbonyl (C=O) groups is 1. The molecule has 0 saturated carbocycles. The number of hydrogen-bond donors (Lipinski definition) is 2. The van der Waals surface area contributed by atoms with Gasteiger partial charge in [-0.3, -0.25) is 0 Å². The highest BCUT2D eigenvalue weighted by molar-refractivity contribution is 6.99. The molecule has 0 aliphatic carbocycles. The van der Waals surface area contributed by atoms with E-state index in [2.05, 4.69) is 45.0 Å². The highest BCUT2D eigenvalue weighted by atomic mass is 28.4. The smallest absolute Gasteiger partial charge is 0.366 e. The van der Waals surface area contributed by atoms with Crippen LogP contribution < -0.4 is 10.4 Å². The van der Waals surface area contributed by atoms with E-state index >= 15 is 0 Å². The van der Waals surface area contributed by atoms with Gasteiger partial charge in [-0.2, -0.15) is 0 Å². The summed E-state index contributed by atoms with van der Waals surface area (Å²) in [6.07, 6.45) is -3.52. The van der Waals surface area contributed by atoms with Gasteiger partial charge < -0.3 is 28.8 Å². The van der Waals surface area contributed by atoms with Crippen LogP contribution in [0.15, 0.2) is 60.7 Å². The summed E-state index contributed by atoms with van der Waals surface area (Å²) in [4.78, 5) is 12.4. The Balaban J connectivity index is 1.91. The first-order valence-corrected chi connectivity index (χ1v) is 13.5. The minimum absolute atomic E-state index is 0.0857. The summed E-state index contributed by atoms with van der Waals surface area (Å²) in [6.45, 7) is 8.16. The van der Waals surface area contributed by atoms with Crippen LogP contribution in [-0.4, -0.2) is 68.9 Å². The van der Waals surface area contributed by atoms with E-state index in [9.17, 15) is 15.0 Å². The highest BCUT2D eigenvalue weighted by Gasteiger charge is 2.56. The molecule has 0 spiro atoms. The second kappa shape index (κ2) is 10.7. The summed E-state index contributed by atoms with van der Waals surface area (Å²) in [5, 5.41) is 23.6. The van der Waals surface area contributed by atoms with E-state index in [1.165, 1.54) is 7.11 Å². The standard InChI is InChI=1S/C26H36O7Si/c1-6-31-24(29)26(30-5)17-21(27)23(33-26)22(28)18-32-34(25(2,3)4,19-13-9-7-10-14-19)20-15-11-8-12-16-20/h7-16,21-23,27-28H,6,17-18H2,1-5H3/t21-,22?,23+,26-/m1/s1. The third-order valence-corrected chi connectivity index (χ3v) is 11.4. The van der Waals surface area contributed by atoms with Crippen LogP contribution in [0.3, 0.4) is 0 Å². The van der Waals surface area contributed by atoms with Crippen molar-refractivity contribution in [2.75, 3.05) is 20.3 Å². The number of aliphatic hydroxyl groups is 2. The van der Waals surface area contributed by atoms with Crippen LogP contribution in [0.1, 0.15) is 34.1 Å². The van der Waals surface area contributed by atoms with E-state index < -0.39 is 38.4 Å². The quantitative estimate of drug-likeness (QED) is 0.412. The molecular formula is C26H36O7Si. The van der Waals surface area contributed by atoms with Crippen molar-refractivity contribution in [2.45, 2.75) is 63.3 Å². The van der Waals surface area contributed by atoms with Crippen molar-refractivity contribution < 1.29 is 33.6 Å². The van der Waals surface area contributed by atoms with Crippen LogP contribution in [0, 0.1) is 0 Å². The van der Waals surface area contributed by atoms with Crippen molar-refractivity contribution in [3.8, 4) is 0 Å². The Hall–Kier alpha value is -2.07. The molecule has 34 heavy (non-hydrogen) atoms. The fraction of sp³-hybridized carbons (Fsp3) is 0.500. The topological polar surface area (TPSA) is 94.5 Å². The molecule has 3 rings (SSSR count). The Morgan fingerprint density at radius 1 is 1.12 bits per heavy atom. The van der Waals surface area contributed by atoms with E-state index in [0.717, 1.165) is 10.4 Å². The van der Waals surface area contributed by atoms with Gasteiger partial charge in [-0.1, -0.05) is 81.4 Å². The van der Waals surface area contributed by atoms with Gasteiger partial charge in [0.15, 0.2) is 0 Å². The molecule has 1 aliphatic rings. The molecule has 1 saturated heterocycles. The monoisotopic (exact) mass is 488 g/mol. The first kappa shape index (κ1) is 26.5. The number of methoxy groups -OCH3 is 1. The Bertz CT molecular complexity index is 892. The SMILES string of the molecule is CCOC(=O)[C@@]1(OC)C[C@@H](O)[C@@H](C(O)CO[Si](c2ccccc2)(c2ccccc2)C(C)(C)C)O1. The van der Waals surface area contributed by atoms with Gasteiger partial charge in [-0.05, 0) is 22.3 Å². The fourth-order valence-electron chi connectivity index (χ4n) is 4.73. The zero-order valence-corrected chi connectivity index (χ0v) is 21.6. The van der Waals surface area contributed by atoms with E-state index in [-0.39, 0.29) is 24.7 Å². The van der Waals surface area contributed by atoms with E-state index in [4.69, 9.17) is 18.6 Å². The lowest BCUT2D eigenvalue weighted by Crippen LogP contribution is -2.67. The summed E-state index contributed by atoms with van der Waals surface area (Å²) >= 11 is 0. The molecule has 4 atom stereocenters. The van der Waals surface area contributed by atoms with Crippen molar-refractivity contribution in [3.05, 3.63) is 60.7 Å². The van der Waals surface area contributed by atoms with Gasteiger partial charge in [0, 0.05) is 13.5 Å². The Kier molecular flexibility index (Phi) is 8.33. The summed E-state index contributed by atoms with van der Waals surface area (Å²) in [5.74, 6) is -2.47. The number of aliphatic hydroxyl groups excluding tert-OH is 2. The van der Waals surface area contributed by atoms with Crippen LogP contribution >= 0.6 is 0 Å². The zero-order valence-electron chi connectivity index (χ0n) is 20.6. The summed E-state index contributed by atoms with van der Waals surface area (Å²) in [5.41, 5.74) is 0. The zero-order chi connectivity index (χ0) is 25.0. The normalized spacial score (nSPS) is 24.1. The predicted molar refractivity (Wildman–Crippen MR) is 131 cm³/mol. The van der Waals surface area contributed by atoms with E-state index in [0.29, 0.717) is 0 Å². The first-order chi connectivity index (χ1) is 16.1. The lowest BCUT2D eigenvalue weighted by molar-refractivity contribution is -0.240. The second-order valence-corrected chi connectivity index (χ2v) is 13.9. The molecule has 1 aliphatic heterocycles. The van der Waals surface area contributed by atoms with Crippen LogP contribution in [0.25, 0.3) is 0 Å². The summed E-state index contributed by atoms with van der Waals surface area (Å²) in [6, 6.07) is 20.1. The van der Waals surface area contributed by atoms with Gasteiger partial charge in [0.2, 0.25) is 0 Å². The van der Waals surface area contributed by atoms with Gasteiger partial charge in [-0.25, -0.2) is 4.79 Å². The molecule has 7 nitrogen and oxygen atoms in total.